The van der Waals surface area contributed by atoms with Crippen LogP contribution in [-0.4, -0.2) is 29.8 Å². The molecule has 0 atom stereocenters. The molecule has 1 aliphatic heterocycles. The number of carbonyl (C=O) groups excluding carboxylic acids is 2. The maximum atomic E-state index is 11.7. The van der Waals surface area contributed by atoms with Crippen molar-refractivity contribution >= 4 is 11.8 Å². The molecule has 0 aromatic heterocycles. The number of nitrogens with two attached hydrogens (primary N) is 1. The van der Waals surface area contributed by atoms with Gasteiger partial charge < -0.3 is 10.6 Å². The van der Waals surface area contributed by atoms with Crippen molar-refractivity contribution in [1.82, 2.24) is 4.90 Å². The van der Waals surface area contributed by atoms with Crippen LogP contribution in [0.25, 0.3) is 0 Å². The fourth-order valence-electron chi connectivity index (χ4n) is 2.41. The third-order valence-corrected chi connectivity index (χ3v) is 3.52. The summed E-state index contributed by atoms with van der Waals surface area (Å²) in [5.41, 5.74) is 5.07. The lowest BCUT2D eigenvalue weighted by Crippen LogP contribution is -2.27. The molecular weight excluding hydrogens is 228 g/mol. The van der Waals surface area contributed by atoms with Crippen LogP contribution < -0.4 is 5.73 Å². The van der Waals surface area contributed by atoms with E-state index in [1.54, 1.807) is 0 Å². The number of nitrogens with zero attached hydrogens (tertiary/aromatic N) is 1. The maximum absolute atomic E-state index is 11.7. The normalized spacial score (nSPS) is 15.0. The van der Waals surface area contributed by atoms with Crippen molar-refractivity contribution in [2.24, 2.45) is 5.73 Å². The molecule has 0 unspecified atom stereocenters. The molecule has 18 heavy (non-hydrogen) atoms. The fourth-order valence-corrected chi connectivity index (χ4v) is 2.41. The molecule has 4 heteroatoms. The van der Waals surface area contributed by atoms with Crippen molar-refractivity contribution in [2.45, 2.75) is 64.2 Å². The molecule has 0 aliphatic carbocycles. The second-order valence-corrected chi connectivity index (χ2v) is 5.18. The average Bonchev–Trinajstić information content (AvgIpc) is 2.85. The highest BCUT2D eigenvalue weighted by molar-refractivity contribution is 5.76. The third-order valence-electron chi connectivity index (χ3n) is 3.52. The van der Waals surface area contributed by atoms with Crippen molar-refractivity contribution in [3.63, 3.8) is 0 Å². The van der Waals surface area contributed by atoms with Gasteiger partial charge in [0.25, 0.3) is 0 Å². The second kappa shape index (κ2) is 8.95. The zero-order valence-electron chi connectivity index (χ0n) is 11.3. The molecular formula is C14H26N2O2. The summed E-state index contributed by atoms with van der Waals surface area (Å²) < 4.78 is 0. The molecule has 104 valence electrons. The quantitative estimate of drug-likeness (QED) is 0.641. The van der Waals surface area contributed by atoms with E-state index in [0.717, 1.165) is 51.6 Å². The number of primary amides is 1. The topological polar surface area (TPSA) is 63.4 Å². The Morgan fingerprint density at radius 2 is 1.33 bits per heavy atom. The summed E-state index contributed by atoms with van der Waals surface area (Å²) in [6.07, 6.45) is 9.97. The van der Waals surface area contributed by atoms with E-state index >= 15 is 0 Å². The molecule has 0 radical (unpaired) electrons. The van der Waals surface area contributed by atoms with E-state index in [2.05, 4.69) is 0 Å². The molecule has 1 fully saturated rings. The van der Waals surface area contributed by atoms with Crippen LogP contribution in [0.15, 0.2) is 0 Å². The highest BCUT2D eigenvalue weighted by Gasteiger charge is 2.16. The Labute approximate surface area is 110 Å². The maximum Gasteiger partial charge on any atom is 0.222 e. The van der Waals surface area contributed by atoms with E-state index in [1.165, 1.54) is 12.8 Å². The van der Waals surface area contributed by atoms with Gasteiger partial charge in [0.1, 0.15) is 0 Å². The Hall–Kier alpha value is -1.06. The Balaban J connectivity index is 1.86. The van der Waals surface area contributed by atoms with E-state index in [0.29, 0.717) is 18.7 Å². The Morgan fingerprint density at radius 3 is 1.89 bits per heavy atom. The van der Waals surface area contributed by atoms with Crippen LogP contribution in [0.4, 0.5) is 0 Å². The second-order valence-electron chi connectivity index (χ2n) is 5.18. The lowest BCUT2D eigenvalue weighted by molar-refractivity contribution is -0.130. The summed E-state index contributed by atoms with van der Waals surface area (Å²) in [4.78, 5) is 24.2. The van der Waals surface area contributed by atoms with Crippen molar-refractivity contribution in [1.29, 1.82) is 0 Å². The van der Waals surface area contributed by atoms with Gasteiger partial charge in [0.15, 0.2) is 0 Å². The number of carbonyl (C=O) groups is 2. The van der Waals surface area contributed by atoms with Crippen molar-refractivity contribution in [2.75, 3.05) is 13.1 Å². The van der Waals surface area contributed by atoms with Gasteiger partial charge in [0, 0.05) is 25.9 Å². The number of unbranched alkanes of at least 4 members (excludes halogenated alkanes) is 5. The van der Waals surface area contributed by atoms with Crippen molar-refractivity contribution in [3.05, 3.63) is 0 Å². The first-order valence-corrected chi connectivity index (χ1v) is 7.26. The first kappa shape index (κ1) is 15.0. The zero-order chi connectivity index (χ0) is 13.2. The van der Waals surface area contributed by atoms with Crippen LogP contribution in [-0.2, 0) is 9.59 Å². The molecule has 0 aromatic carbocycles. The SMILES string of the molecule is NC(=O)CCCCCCCCC(=O)N1CCCC1. The van der Waals surface area contributed by atoms with Gasteiger partial charge in [-0.1, -0.05) is 25.7 Å². The lowest BCUT2D eigenvalue weighted by Gasteiger charge is -2.14. The van der Waals surface area contributed by atoms with Crippen LogP contribution in [0.5, 0.6) is 0 Å². The number of amides is 2. The van der Waals surface area contributed by atoms with Gasteiger partial charge in [-0.15, -0.1) is 0 Å². The molecule has 1 heterocycles. The van der Waals surface area contributed by atoms with Gasteiger partial charge >= 0.3 is 0 Å². The minimum absolute atomic E-state index is 0.203. The molecule has 1 rings (SSSR count). The van der Waals surface area contributed by atoms with Gasteiger partial charge in [0.05, 0.1) is 0 Å². The Morgan fingerprint density at radius 1 is 0.833 bits per heavy atom. The third kappa shape index (κ3) is 6.62. The van der Waals surface area contributed by atoms with Crippen LogP contribution >= 0.6 is 0 Å². The summed E-state index contributed by atoms with van der Waals surface area (Å²) >= 11 is 0. The van der Waals surface area contributed by atoms with E-state index in [1.807, 2.05) is 4.90 Å². The predicted molar refractivity (Wildman–Crippen MR) is 71.9 cm³/mol. The average molecular weight is 254 g/mol. The summed E-state index contributed by atoms with van der Waals surface area (Å²) in [6.45, 7) is 1.93. The molecule has 0 aromatic rings. The first-order chi connectivity index (χ1) is 8.70. The first-order valence-electron chi connectivity index (χ1n) is 7.26. The molecule has 2 N–H and O–H groups in total. The number of likely N-dealkylation sites (tertiary alicyclic amines) is 1. The van der Waals surface area contributed by atoms with Gasteiger partial charge in [-0.3, -0.25) is 9.59 Å². The number of hydrogen-bond donors (Lipinski definition) is 1. The molecule has 2 amide bonds. The Bertz CT molecular complexity index is 261. The fraction of sp³-hybridized carbons (Fsp3) is 0.857. The summed E-state index contributed by atoms with van der Waals surface area (Å²) in [7, 11) is 0. The van der Waals surface area contributed by atoms with Crippen LogP contribution in [0.3, 0.4) is 0 Å². The molecule has 1 saturated heterocycles. The van der Waals surface area contributed by atoms with Gasteiger partial charge in [-0.2, -0.15) is 0 Å². The summed E-state index contributed by atoms with van der Waals surface area (Å²) in [5, 5.41) is 0. The minimum atomic E-state index is -0.203. The van der Waals surface area contributed by atoms with Crippen LogP contribution in [0, 0.1) is 0 Å². The van der Waals surface area contributed by atoms with Crippen molar-refractivity contribution in [3.8, 4) is 0 Å². The highest BCUT2D eigenvalue weighted by atomic mass is 16.2. The van der Waals surface area contributed by atoms with E-state index in [9.17, 15) is 9.59 Å². The smallest absolute Gasteiger partial charge is 0.222 e. The molecule has 0 bridgehead atoms. The van der Waals surface area contributed by atoms with Gasteiger partial charge in [-0.05, 0) is 25.7 Å². The molecule has 0 spiro atoms. The zero-order valence-corrected chi connectivity index (χ0v) is 11.3. The van der Waals surface area contributed by atoms with E-state index in [-0.39, 0.29) is 5.91 Å². The predicted octanol–water partition coefficient (Wildman–Crippen LogP) is 2.21. The summed E-state index contributed by atoms with van der Waals surface area (Å²) in [6, 6.07) is 0. The molecule has 0 saturated carbocycles. The van der Waals surface area contributed by atoms with Crippen LogP contribution in [0.2, 0.25) is 0 Å². The minimum Gasteiger partial charge on any atom is -0.370 e. The van der Waals surface area contributed by atoms with Crippen molar-refractivity contribution < 1.29 is 9.59 Å². The van der Waals surface area contributed by atoms with E-state index in [4.69, 9.17) is 5.73 Å². The van der Waals surface area contributed by atoms with Crippen LogP contribution in [0.1, 0.15) is 64.2 Å². The van der Waals surface area contributed by atoms with E-state index < -0.39 is 0 Å². The summed E-state index contributed by atoms with van der Waals surface area (Å²) in [5.74, 6) is 0.132. The highest BCUT2D eigenvalue weighted by Crippen LogP contribution is 2.12. The van der Waals surface area contributed by atoms with Gasteiger partial charge in [0.2, 0.25) is 11.8 Å². The number of rotatable bonds is 9. The Kier molecular flexibility index (Phi) is 7.46. The molecule has 4 nitrogen and oxygen atoms in total. The molecule has 1 aliphatic rings. The monoisotopic (exact) mass is 254 g/mol. The standard InChI is InChI=1S/C14H26N2O2/c15-13(17)9-5-3-1-2-4-6-10-14(18)16-11-7-8-12-16/h1-12H2,(H2,15,17). The largest absolute Gasteiger partial charge is 0.370 e. The lowest BCUT2D eigenvalue weighted by atomic mass is 10.1. The van der Waals surface area contributed by atoms with Gasteiger partial charge in [-0.25, -0.2) is 0 Å². The number of hydrogen-bond acceptors (Lipinski definition) is 2.